The molecule has 3 aliphatic rings. The third-order valence-corrected chi connectivity index (χ3v) is 9.82. The van der Waals surface area contributed by atoms with Crippen LogP contribution in [0.5, 0.6) is 0 Å². The zero-order chi connectivity index (χ0) is 34.7. The summed E-state index contributed by atoms with van der Waals surface area (Å²) < 4.78 is 14.3. The van der Waals surface area contributed by atoms with Gasteiger partial charge in [-0.15, -0.1) is 18.3 Å². The number of nitrogens with zero attached hydrogens (tertiary/aromatic N) is 5. The van der Waals surface area contributed by atoms with E-state index in [-0.39, 0.29) is 38.7 Å². The smallest absolute Gasteiger partial charge is 0.313 e. The monoisotopic (exact) mass is 670 g/mol. The van der Waals surface area contributed by atoms with Crippen molar-refractivity contribution in [3.63, 3.8) is 0 Å². The van der Waals surface area contributed by atoms with Gasteiger partial charge in [0.25, 0.3) is 0 Å². The summed E-state index contributed by atoms with van der Waals surface area (Å²) in [6.45, 7) is 8.95. The number of esters is 1. The van der Waals surface area contributed by atoms with Gasteiger partial charge in [-0.05, 0) is 43.9 Å². The second kappa shape index (κ2) is 14.3. The lowest BCUT2D eigenvalue weighted by molar-refractivity contribution is -0.162. The van der Waals surface area contributed by atoms with Crippen molar-refractivity contribution in [2.45, 2.75) is 69.2 Å². The number of carbonyl (C=O) groups excluding carboxylic acids is 4. The molecule has 258 valence electrons. The first-order chi connectivity index (χ1) is 23.7. The number of hydrogen-bond donors (Lipinski definition) is 2. The van der Waals surface area contributed by atoms with Crippen molar-refractivity contribution in [1.29, 1.82) is 0 Å². The summed E-state index contributed by atoms with van der Waals surface area (Å²) in [5.41, 5.74) is 0.784. The normalized spacial score (nSPS) is 25.1. The van der Waals surface area contributed by atoms with Gasteiger partial charge in [-0.3, -0.25) is 19.2 Å². The number of allylic oxidation sites excluding steroid dienone is 1. The van der Waals surface area contributed by atoms with E-state index in [0.717, 1.165) is 5.52 Å². The maximum atomic E-state index is 14.6. The number of ether oxygens (including phenoxy) is 2. The number of β-amino-alcohol motifs (C(OH)–C–C–N with tert-alkyl or cyclic N) is 1. The number of amides is 3. The molecule has 3 amide bonds. The number of aliphatic hydroxyl groups excluding tert-OH is 1. The fraction of sp³-hybridized carbons (Fsp3) is 0.444. The predicted octanol–water partition coefficient (Wildman–Crippen LogP) is 2.53. The summed E-state index contributed by atoms with van der Waals surface area (Å²) in [7, 11) is 0. The SMILES string of the molecule is C=CCCC(=O)N[C@H](C)[C@@H](OC(=O)[C@@H]1[C@H]2C(=O)N(CCO)[C@H](C(=O)N(CC=C)Cn3nnc4ccccc43)[C@]23CC[C@H]1O3)c1ccccc1. The number of aliphatic hydroxyl groups is 1. The van der Waals surface area contributed by atoms with Gasteiger partial charge in [-0.2, -0.15) is 0 Å². The molecule has 6 rings (SSSR count). The Kier molecular flexibility index (Phi) is 9.93. The average Bonchev–Trinajstić information content (AvgIpc) is 3.86. The topological polar surface area (TPSA) is 156 Å². The van der Waals surface area contributed by atoms with Gasteiger partial charge >= 0.3 is 5.97 Å². The number of carbonyl (C=O) groups is 4. The molecule has 2 bridgehead atoms. The van der Waals surface area contributed by atoms with E-state index in [1.807, 2.05) is 54.6 Å². The first kappa shape index (κ1) is 34.0. The molecule has 3 saturated heterocycles. The van der Waals surface area contributed by atoms with Crippen molar-refractivity contribution >= 4 is 34.7 Å². The zero-order valence-electron chi connectivity index (χ0n) is 27.5. The molecule has 3 fully saturated rings. The van der Waals surface area contributed by atoms with Crippen molar-refractivity contribution in [3.8, 4) is 0 Å². The molecule has 49 heavy (non-hydrogen) atoms. The van der Waals surface area contributed by atoms with Crippen LogP contribution in [0.4, 0.5) is 0 Å². The Labute approximate surface area is 284 Å². The Morgan fingerprint density at radius 1 is 1.16 bits per heavy atom. The van der Waals surface area contributed by atoms with Gasteiger partial charge in [0.2, 0.25) is 17.7 Å². The number of fused-ring (bicyclic) bond motifs is 2. The molecule has 1 spiro atoms. The molecule has 1 aromatic heterocycles. The van der Waals surface area contributed by atoms with Gasteiger partial charge < -0.3 is 29.7 Å². The van der Waals surface area contributed by atoms with E-state index in [1.165, 1.54) is 9.80 Å². The van der Waals surface area contributed by atoms with Crippen LogP contribution in [0.15, 0.2) is 79.9 Å². The number of para-hydroxylation sites is 1. The Morgan fingerprint density at radius 3 is 2.65 bits per heavy atom. The number of benzene rings is 2. The van der Waals surface area contributed by atoms with Crippen LogP contribution >= 0.6 is 0 Å². The van der Waals surface area contributed by atoms with E-state index >= 15 is 0 Å². The molecular weight excluding hydrogens is 628 g/mol. The molecule has 4 heterocycles. The minimum absolute atomic E-state index is 0.0355. The van der Waals surface area contributed by atoms with Gasteiger partial charge in [0.15, 0.2) is 0 Å². The fourth-order valence-electron chi connectivity index (χ4n) is 7.72. The number of rotatable bonds is 15. The highest BCUT2D eigenvalue weighted by Crippen LogP contribution is 2.59. The van der Waals surface area contributed by atoms with Crippen LogP contribution in [0.1, 0.15) is 44.3 Å². The number of nitrogens with one attached hydrogen (secondary N) is 1. The molecule has 3 aliphatic heterocycles. The summed E-state index contributed by atoms with van der Waals surface area (Å²) in [5.74, 6) is -3.67. The Hall–Kier alpha value is -4.88. The first-order valence-corrected chi connectivity index (χ1v) is 16.7. The minimum Gasteiger partial charge on any atom is -0.455 e. The molecule has 0 radical (unpaired) electrons. The van der Waals surface area contributed by atoms with Crippen LogP contribution in [0.2, 0.25) is 0 Å². The van der Waals surface area contributed by atoms with E-state index < -0.39 is 59.5 Å². The fourth-order valence-corrected chi connectivity index (χ4v) is 7.72. The Morgan fingerprint density at radius 2 is 1.92 bits per heavy atom. The molecule has 13 heteroatoms. The number of aromatic nitrogens is 3. The van der Waals surface area contributed by atoms with E-state index in [4.69, 9.17) is 9.47 Å². The molecule has 0 saturated carbocycles. The van der Waals surface area contributed by atoms with Crippen LogP contribution in [0.3, 0.4) is 0 Å². The second-order valence-corrected chi connectivity index (χ2v) is 12.8. The summed E-state index contributed by atoms with van der Waals surface area (Å²) in [6, 6.07) is 14.8. The van der Waals surface area contributed by atoms with Crippen LogP contribution in [0.25, 0.3) is 11.0 Å². The van der Waals surface area contributed by atoms with Crippen LogP contribution in [-0.2, 0) is 35.3 Å². The van der Waals surface area contributed by atoms with Crippen molar-refractivity contribution in [2.75, 3.05) is 19.7 Å². The highest BCUT2D eigenvalue weighted by molar-refractivity contribution is 5.98. The average molecular weight is 671 g/mol. The quantitative estimate of drug-likeness (QED) is 0.183. The first-order valence-electron chi connectivity index (χ1n) is 16.7. The van der Waals surface area contributed by atoms with E-state index in [2.05, 4.69) is 28.8 Å². The highest BCUT2D eigenvalue weighted by atomic mass is 16.6. The summed E-state index contributed by atoms with van der Waals surface area (Å²) in [6.07, 6.45) is 3.33. The van der Waals surface area contributed by atoms with Crippen LogP contribution < -0.4 is 5.32 Å². The zero-order valence-corrected chi connectivity index (χ0v) is 27.5. The van der Waals surface area contributed by atoms with Gasteiger partial charge in [0.1, 0.15) is 29.9 Å². The maximum absolute atomic E-state index is 14.6. The van der Waals surface area contributed by atoms with E-state index in [0.29, 0.717) is 30.3 Å². The van der Waals surface area contributed by atoms with Crippen molar-refractivity contribution in [1.82, 2.24) is 30.1 Å². The molecular formula is C36H42N6O7. The van der Waals surface area contributed by atoms with Crippen molar-refractivity contribution in [3.05, 3.63) is 85.5 Å². The molecule has 7 atom stereocenters. The Bertz CT molecular complexity index is 1730. The number of hydrogen-bond acceptors (Lipinski definition) is 9. The largest absolute Gasteiger partial charge is 0.455 e. The molecule has 0 unspecified atom stereocenters. The van der Waals surface area contributed by atoms with Crippen molar-refractivity contribution < 1.29 is 33.8 Å². The third kappa shape index (κ3) is 6.24. The standard InChI is InChI=1S/C36H42N6O7/c1-4-6-16-28(44)37-23(3)31(24-12-8-7-9-13-24)48-35(47)29-27-17-18-36(49-27)30(29)33(45)41(20-21-43)32(36)34(46)40(19-5-2)22-42-26-15-11-10-14-25(26)38-39-42/h4-5,7-15,23,27,29-32,43H,1-2,6,16-22H2,3H3,(H,37,44)/t23-,27-,29+,30+,31-,32-,36+/m1/s1. The van der Waals surface area contributed by atoms with E-state index in [1.54, 1.807) is 23.8 Å². The lowest BCUT2D eigenvalue weighted by Crippen LogP contribution is -2.56. The molecule has 3 aromatic rings. The van der Waals surface area contributed by atoms with E-state index in [9.17, 15) is 24.3 Å². The van der Waals surface area contributed by atoms with Crippen molar-refractivity contribution in [2.24, 2.45) is 11.8 Å². The van der Waals surface area contributed by atoms with Crippen LogP contribution in [-0.4, -0.2) is 97.1 Å². The minimum atomic E-state index is -1.30. The lowest BCUT2D eigenvalue weighted by Gasteiger charge is -2.36. The van der Waals surface area contributed by atoms with Gasteiger partial charge in [-0.1, -0.05) is 59.8 Å². The lowest BCUT2D eigenvalue weighted by atomic mass is 9.70. The molecule has 2 aromatic carbocycles. The maximum Gasteiger partial charge on any atom is 0.313 e. The van der Waals surface area contributed by atoms with Crippen LogP contribution in [0, 0.1) is 11.8 Å². The highest BCUT2D eigenvalue weighted by Gasteiger charge is 2.75. The summed E-state index contributed by atoms with van der Waals surface area (Å²) in [5, 5.41) is 21.4. The predicted molar refractivity (Wildman–Crippen MR) is 178 cm³/mol. The third-order valence-electron chi connectivity index (χ3n) is 9.82. The summed E-state index contributed by atoms with van der Waals surface area (Å²) >= 11 is 0. The van der Waals surface area contributed by atoms with Gasteiger partial charge in [0.05, 0.1) is 36.1 Å². The Balaban J connectivity index is 1.28. The van der Waals surface area contributed by atoms with Gasteiger partial charge in [0, 0.05) is 19.5 Å². The molecule has 13 nitrogen and oxygen atoms in total. The summed E-state index contributed by atoms with van der Waals surface area (Å²) in [4.78, 5) is 58.5. The second-order valence-electron chi connectivity index (χ2n) is 12.8. The molecule has 2 N–H and O–H groups in total. The molecule has 0 aliphatic carbocycles. The number of likely N-dealkylation sites (tertiary alicyclic amines) is 1. The van der Waals surface area contributed by atoms with Gasteiger partial charge in [-0.25, -0.2) is 4.68 Å².